The molecule has 0 radical (unpaired) electrons. The molecular weight excluding hydrogens is 416 g/mol. The molecule has 0 saturated carbocycles. The number of anilines is 1. The maximum atomic E-state index is 13.6. The number of hydrogen-bond acceptors (Lipinski definition) is 4. The minimum absolute atomic E-state index is 0.0109. The maximum Gasteiger partial charge on any atom is 0.328 e. The van der Waals surface area contributed by atoms with Crippen molar-refractivity contribution in [3.05, 3.63) is 58.0 Å². The van der Waals surface area contributed by atoms with Crippen LogP contribution in [-0.4, -0.2) is 36.0 Å². The Labute approximate surface area is 182 Å². The first kappa shape index (κ1) is 22.6. The van der Waals surface area contributed by atoms with Crippen molar-refractivity contribution in [3.63, 3.8) is 0 Å². The summed E-state index contributed by atoms with van der Waals surface area (Å²) in [6, 6.07) is 9.71. The van der Waals surface area contributed by atoms with Gasteiger partial charge in [-0.3, -0.25) is 18.2 Å². The largest absolute Gasteiger partial charge is 0.352 e. The first-order chi connectivity index (χ1) is 14.4. The van der Waals surface area contributed by atoms with Crippen LogP contribution in [0.4, 0.5) is 5.69 Å². The molecule has 1 amide bonds. The lowest BCUT2D eigenvalue weighted by Gasteiger charge is -2.25. The lowest BCUT2D eigenvalue weighted by molar-refractivity contribution is -0.120. The van der Waals surface area contributed by atoms with Crippen LogP contribution in [0.1, 0.15) is 25.0 Å². The maximum absolute atomic E-state index is 13.6. The normalized spacial score (nSPS) is 11.8. The van der Waals surface area contributed by atoms with E-state index in [9.17, 15) is 18.0 Å². The molecule has 0 unspecified atom stereocenters. The van der Waals surface area contributed by atoms with Gasteiger partial charge in [0.25, 0.3) is 10.0 Å². The number of carbonyl (C=O) groups is 1. The van der Waals surface area contributed by atoms with Crippen LogP contribution in [0.15, 0.2) is 46.1 Å². The fraction of sp³-hybridized carbons (Fsp3) is 0.364. The number of aromatic nitrogens is 2. The van der Waals surface area contributed by atoms with Crippen molar-refractivity contribution >= 4 is 32.7 Å². The predicted molar refractivity (Wildman–Crippen MR) is 122 cm³/mol. The van der Waals surface area contributed by atoms with Crippen LogP contribution < -0.4 is 15.3 Å². The molecule has 0 fully saturated rings. The van der Waals surface area contributed by atoms with Crippen LogP contribution in [0, 0.1) is 13.8 Å². The van der Waals surface area contributed by atoms with E-state index in [0.29, 0.717) is 16.7 Å². The van der Waals surface area contributed by atoms with E-state index in [4.69, 9.17) is 0 Å². The number of benzene rings is 2. The van der Waals surface area contributed by atoms with Crippen LogP contribution in [0.3, 0.4) is 0 Å². The van der Waals surface area contributed by atoms with Crippen LogP contribution in [0.2, 0.25) is 0 Å². The Bertz CT molecular complexity index is 1320. The summed E-state index contributed by atoms with van der Waals surface area (Å²) in [6.07, 6.45) is 0. The minimum atomic E-state index is -4.08. The Hall–Kier alpha value is -3.07. The van der Waals surface area contributed by atoms with Gasteiger partial charge in [0.1, 0.15) is 6.54 Å². The van der Waals surface area contributed by atoms with E-state index in [1.54, 1.807) is 32.3 Å². The number of rotatable bonds is 6. The highest BCUT2D eigenvalue weighted by Gasteiger charge is 2.28. The second kappa shape index (κ2) is 8.22. The van der Waals surface area contributed by atoms with E-state index in [-0.39, 0.29) is 23.2 Å². The monoisotopic (exact) mass is 444 g/mol. The van der Waals surface area contributed by atoms with Crippen molar-refractivity contribution in [1.29, 1.82) is 0 Å². The summed E-state index contributed by atoms with van der Waals surface area (Å²) in [5, 5.41) is 2.75. The summed E-state index contributed by atoms with van der Waals surface area (Å²) in [5.74, 6) is -0.398. The summed E-state index contributed by atoms with van der Waals surface area (Å²) in [5.41, 5.74) is 3.23. The van der Waals surface area contributed by atoms with Gasteiger partial charge in [-0.2, -0.15) is 0 Å². The number of amides is 1. The van der Waals surface area contributed by atoms with Crippen molar-refractivity contribution in [2.45, 2.75) is 38.6 Å². The molecule has 1 heterocycles. The average molecular weight is 445 g/mol. The molecule has 1 aromatic heterocycles. The van der Waals surface area contributed by atoms with Gasteiger partial charge in [0.2, 0.25) is 5.91 Å². The number of fused-ring (bicyclic) bond motifs is 1. The molecule has 0 aliphatic rings. The van der Waals surface area contributed by atoms with Gasteiger partial charge in [0.05, 0.1) is 21.6 Å². The molecule has 166 valence electrons. The zero-order valence-electron chi connectivity index (χ0n) is 18.6. The number of aryl methyl sites for hydroxylation is 4. The lowest BCUT2D eigenvalue weighted by atomic mass is 10.1. The summed E-state index contributed by atoms with van der Waals surface area (Å²) in [4.78, 5) is 24.8. The van der Waals surface area contributed by atoms with Gasteiger partial charge in [-0.15, -0.1) is 0 Å². The smallest absolute Gasteiger partial charge is 0.328 e. The lowest BCUT2D eigenvalue weighted by Crippen LogP contribution is -2.43. The zero-order valence-corrected chi connectivity index (χ0v) is 19.4. The van der Waals surface area contributed by atoms with Crippen molar-refractivity contribution < 1.29 is 13.2 Å². The van der Waals surface area contributed by atoms with Crippen LogP contribution in [0.5, 0.6) is 0 Å². The number of nitrogens with one attached hydrogen (secondary N) is 1. The highest BCUT2D eigenvalue weighted by atomic mass is 32.2. The number of hydrogen-bond donors (Lipinski definition) is 1. The average Bonchev–Trinajstić information content (AvgIpc) is 2.91. The second-order valence-electron chi connectivity index (χ2n) is 8.05. The first-order valence-corrected chi connectivity index (χ1v) is 11.4. The van der Waals surface area contributed by atoms with E-state index < -0.39 is 15.9 Å². The molecule has 0 aliphatic carbocycles. The molecule has 8 nitrogen and oxygen atoms in total. The molecule has 1 N–H and O–H groups in total. The van der Waals surface area contributed by atoms with E-state index in [1.807, 2.05) is 33.8 Å². The summed E-state index contributed by atoms with van der Waals surface area (Å²) in [7, 11) is -0.848. The molecule has 0 atom stereocenters. The van der Waals surface area contributed by atoms with Crippen LogP contribution in [-0.2, 0) is 28.9 Å². The molecule has 3 rings (SSSR count). The summed E-state index contributed by atoms with van der Waals surface area (Å²) >= 11 is 0. The third kappa shape index (κ3) is 4.23. The standard InChI is InChI=1S/C22H28N4O4S/c1-14(2)23-21(27)13-26(17-8-7-15(3)16(4)11-17)31(29,30)18-9-10-19-20(12-18)25(6)22(28)24(19)5/h7-12,14H,13H2,1-6H3,(H,23,27). The van der Waals surface area contributed by atoms with E-state index in [1.165, 1.54) is 21.3 Å². The van der Waals surface area contributed by atoms with Gasteiger partial charge in [-0.25, -0.2) is 13.2 Å². The van der Waals surface area contributed by atoms with Crippen LogP contribution >= 0.6 is 0 Å². The van der Waals surface area contributed by atoms with Gasteiger partial charge in [-0.05, 0) is 69.2 Å². The Balaban J connectivity index is 2.15. The van der Waals surface area contributed by atoms with E-state index >= 15 is 0 Å². The van der Waals surface area contributed by atoms with Gasteiger partial charge in [0.15, 0.2) is 0 Å². The quantitative estimate of drug-likeness (QED) is 0.631. The van der Waals surface area contributed by atoms with Gasteiger partial charge >= 0.3 is 5.69 Å². The van der Waals surface area contributed by atoms with Gasteiger partial charge in [-0.1, -0.05) is 6.07 Å². The van der Waals surface area contributed by atoms with Crippen LogP contribution in [0.25, 0.3) is 11.0 Å². The molecule has 0 aliphatic heterocycles. The Morgan fingerprint density at radius 1 is 1.00 bits per heavy atom. The number of nitrogens with zero attached hydrogens (tertiary/aromatic N) is 3. The molecule has 3 aromatic rings. The number of imidazole rings is 1. The predicted octanol–water partition coefficient (Wildman–Crippen LogP) is 2.21. The zero-order chi connectivity index (χ0) is 23.1. The Kier molecular flexibility index (Phi) is 6.00. The van der Waals surface area contributed by atoms with Gasteiger partial charge in [0, 0.05) is 20.1 Å². The van der Waals surface area contributed by atoms with Crippen molar-refractivity contribution in [1.82, 2.24) is 14.5 Å². The second-order valence-corrected chi connectivity index (χ2v) is 9.92. The molecule has 31 heavy (non-hydrogen) atoms. The Morgan fingerprint density at radius 3 is 2.26 bits per heavy atom. The summed E-state index contributed by atoms with van der Waals surface area (Å²) in [6.45, 7) is 7.11. The SMILES string of the molecule is Cc1ccc(N(CC(=O)NC(C)C)S(=O)(=O)c2ccc3c(c2)n(C)c(=O)n3C)cc1C. The third-order valence-corrected chi connectivity index (χ3v) is 7.12. The first-order valence-electron chi connectivity index (χ1n) is 9.98. The van der Waals surface area contributed by atoms with Crippen molar-refractivity contribution in [2.24, 2.45) is 14.1 Å². The minimum Gasteiger partial charge on any atom is -0.352 e. The molecule has 0 saturated heterocycles. The highest BCUT2D eigenvalue weighted by molar-refractivity contribution is 7.92. The number of carbonyl (C=O) groups excluding carboxylic acids is 1. The summed E-state index contributed by atoms with van der Waals surface area (Å²) < 4.78 is 31.3. The van der Waals surface area contributed by atoms with Crippen molar-refractivity contribution in [2.75, 3.05) is 10.8 Å². The number of sulfonamides is 1. The molecule has 9 heteroatoms. The van der Waals surface area contributed by atoms with Gasteiger partial charge < -0.3 is 5.32 Å². The fourth-order valence-corrected chi connectivity index (χ4v) is 4.90. The third-order valence-electron chi connectivity index (χ3n) is 5.35. The fourth-order valence-electron chi connectivity index (χ4n) is 3.47. The van der Waals surface area contributed by atoms with Crippen molar-refractivity contribution in [3.8, 4) is 0 Å². The topological polar surface area (TPSA) is 93.4 Å². The molecular formula is C22H28N4O4S. The molecule has 2 aromatic carbocycles. The molecule has 0 spiro atoms. The Morgan fingerprint density at radius 2 is 1.65 bits per heavy atom. The van der Waals surface area contributed by atoms with E-state index in [0.717, 1.165) is 15.4 Å². The van der Waals surface area contributed by atoms with E-state index in [2.05, 4.69) is 5.32 Å². The molecule has 0 bridgehead atoms. The highest BCUT2D eigenvalue weighted by Crippen LogP contribution is 2.27.